The van der Waals surface area contributed by atoms with E-state index in [1.165, 1.54) is 33.5 Å². The number of hydrogen-bond donors (Lipinski definition) is 0. The fourth-order valence-corrected chi connectivity index (χ4v) is 4.49. The lowest BCUT2D eigenvalue weighted by Gasteiger charge is -2.10. The summed E-state index contributed by atoms with van der Waals surface area (Å²) < 4.78 is 4.32. The van der Waals surface area contributed by atoms with E-state index in [0.29, 0.717) is 11.2 Å². The van der Waals surface area contributed by atoms with Gasteiger partial charge in [0, 0.05) is 26.9 Å². The third-order valence-electron chi connectivity index (χ3n) is 5.05. The maximum Gasteiger partial charge on any atom is 0.332 e. The fourth-order valence-electron chi connectivity index (χ4n) is 3.40. The van der Waals surface area contributed by atoms with E-state index in [1.54, 1.807) is 23.4 Å². The molecule has 0 aliphatic carbocycles. The van der Waals surface area contributed by atoms with Crippen LogP contribution in [0.4, 0.5) is 0 Å². The molecule has 0 saturated carbocycles. The summed E-state index contributed by atoms with van der Waals surface area (Å²) >= 11 is 1.57. The minimum absolute atomic E-state index is 0.323. The molecule has 2 aromatic heterocycles. The number of benzene rings is 2. The first-order chi connectivity index (χ1) is 12.9. The molecule has 0 atom stereocenters. The standard InChI is InChI=1S/C20H20N4O2S/c1-12-9-10-13-7-5-6-8-14(13)15(12)11-27-19-21-17-16(22(19)2)18(25)24(4)20(26)23(17)3/h5-10H,11H2,1-4H3. The Hall–Kier alpha value is -2.80. The Kier molecular flexibility index (Phi) is 4.19. The average Bonchev–Trinajstić information content (AvgIpc) is 3.00. The first-order valence-corrected chi connectivity index (χ1v) is 9.61. The summed E-state index contributed by atoms with van der Waals surface area (Å²) in [6.07, 6.45) is 0. The van der Waals surface area contributed by atoms with Crippen LogP contribution >= 0.6 is 11.8 Å². The second kappa shape index (κ2) is 6.42. The van der Waals surface area contributed by atoms with Gasteiger partial charge in [-0.05, 0) is 28.8 Å². The number of nitrogens with zero attached hydrogens (tertiary/aromatic N) is 4. The van der Waals surface area contributed by atoms with Crippen LogP contribution in [0.1, 0.15) is 11.1 Å². The number of rotatable bonds is 3. The van der Waals surface area contributed by atoms with Gasteiger partial charge in [-0.15, -0.1) is 0 Å². The number of imidazole rings is 1. The SMILES string of the molecule is Cc1ccc2ccccc2c1CSc1nc2c(c(=O)n(C)c(=O)n2C)n1C. The van der Waals surface area contributed by atoms with Crippen molar-refractivity contribution in [1.82, 2.24) is 18.7 Å². The summed E-state index contributed by atoms with van der Waals surface area (Å²) in [5.74, 6) is 0.735. The van der Waals surface area contributed by atoms with Crippen molar-refractivity contribution in [2.45, 2.75) is 17.8 Å². The smallest absolute Gasteiger partial charge is 0.316 e. The van der Waals surface area contributed by atoms with E-state index in [0.717, 1.165) is 15.5 Å². The Morgan fingerprint density at radius 2 is 1.70 bits per heavy atom. The highest BCUT2D eigenvalue weighted by atomic mass is 32.2. The molecule has 138 valence electrons. The third kappa shape index (κ3) is 2.70. The number of fused-ring (bicyclic) bond motifs is 2. The molecule has 2 heterocycles. The molecule has 2 aromatic carbocycles. The molecule has 0 aliphatic heterocycles. The van der Waals surface area contributed by atoms with E-state index in [2.05, 4.69) is 36.2 Å². The third-order valence-corrected chi connectivity index (χ3v) is 6.11. The van der Waals surface area contributed by atoms with Crippen molar-refractivity contribution in [3.8, 4) is 0 Å². The van der Waals surface area contributed by atoms with Crippen LogP contribution in [0.25, 0.3) is 21.9 Å². The van der Waals surface area contributed by atoms with Gasteiger partial charge in [-0.2, -0.15) is 0 Å². The molecule has 0 amide bonds. The zero-order valence-electron chi connectivity index (χ0n) is 15.7. The minimum atomic E-state index is -0.368. The molecular formula is C20H20N4O2S. The lowest BCUT2D eigenvalue weighted by atomic mass is 10.0. The summed E-state index contributed by atoms with van der Waals surface area (Å²) in [6, 6.07) is 12.6. The largest absolute Gasteiger partial charge is 0.332 e. The molecule has 0 aliphatic rings. The summed E-state index contributed by atoms with van der Waals surface area (Å²) in [6.45, 7) is 2.11. The molecule has 0 saturated heterocycles. The summed E-state index contributed by atoms with van der Waals surface area (Å²) in [5, 5.41) is 3.16. The monoisotopic (exact) mass is 380 g/mol. The minimum Gasteiger partial charge on any atom is -0.316 e. The van der Waals surface area contributed by atoms with Crippen LogP contribution < -0.4 is 11.2 Å². The van der Waals surface area contributed by atoms with E-state index >= 15 is 0 Å². The normalized spacial score (nSPS) is 11.6. The topological polar surface area (TPSA) is 61.8 Å². The van der Waals surface area contributed by atoms with Gasteiger partial charge in [-0.1, -0.05) is 48.2 Å². The summed E-state index contributed by atoms with van der Waals surface area (Å²) in [7, 11) is 4.95. The molecule has 0 fully saturated rings. The number of aromatic nitrogens is 4. The molecule has 27 heavy (non-hydrogen) atoms. The average molecular weight is 380 g/mol. The highest BCUT2D eigenvalue weighted by Gasteiger charge is 2.17. The molecule has 4 rings (SSSR count). The van der Waals surface area contributed by atoms with Crippen molar-refractivity contribution >= 4 is 33.7 Å². The summed E-state index contributed by atoms with van der Waals surface area (Å²) in [4.78, 5) is 29.3. The molecule has 0 unspecified atom stereocenters. The number of aryl methyl sites for hydroxylation is 3. The lowest BCUT2D eigenvalue weighted by Crippen LogP contribution is -2.37. The van der Waals surface area contributed by atoms with Crippen LogP contribution in [0.2, 0.25) is 0 Å². The van der Waals surface area contributed by atoms with Gasteiger partial charge in [0.15, 0.2) is 16.3 Å². The van der Waals surface area contributed by atoms with E-state index < -0.39 is 0 Å². The van der Waals surface area contributed by atoms with Gasteiger partial charge < -0.3 is 4.57 Å². The number of thioether (sulfide) groups is 1. The molecule has 0 bridgehead atoms. The molecule has 0 radical (unpaired) electrons. The molecule has 6 nitrogen and oxygen atoms in total. The van der Waals surface area contributed by atoms with E-state index in [1.807, 2.05) is 19.2 Å². The predicted octanol–water partition coefficient (Wildman–Crippen LogP) is 2.72. The lowest BCUT2D eigenvalue weighted by molar-refractivity contribution is 0.705. The number of hydrogen-bond acceptors (Lipinski definition) is 4. The molecule has 7 heteroatoms. The van der Waals surface area contributed by atoms with Crippen molar-refractivity contribution in [3.05, 3.63) is 68.4 Å². The van der Waals surface area contributed by atoms with Gasteiger partial charge in [0.2, 0.25) is 0 Å². The maximum atomic E-state index is 12.5. The zero-order valence-corrected chi connectivity index (χ0v) is 16.5. The van der Waals surface area contributed by atoms with Gasteiger partial charge in [-0.3, -0.25) is 13.9 Å². The predicted molar refractivity (Wildman–Crippen MR) is 109 cm³/mol. The molecule has 0 spiro atoms. The van der Waals surface area contributed by atoms with Crippen LogP contribution in [0.15, 0.2) is 51.1 Å². The van der Waals surface area contributed by atoms with Crippen LogP contribution in [0, 0.1) is 6.92 Å². The van der Waals surface area contributed by atoms with Crippen LogP contribution in [-0.4, -0.2) is 18.7 Å². The van der Waals surface area contributed by atoms with Gasteiger partial charge >= 0.3 is 5.69 Å². The highest BCUT2D eigenvalue weighted by Crippen LogP contribution is 2.30. The van der Waals surface area contributed by atoms with Gasteiger partial charge in [0.05, 0.1) is 0 Å². The van der Waals surface area contributed by atoms with Crippen molar-refractivity contribution in [2.24, 2.45) is 21.1 Å². The summed E-state index contributed by atoms with van der Waals surface area (Å²) in [5.41, 5.74) is 2.65. The Balaban J connectivity index is 1.80. The highest BCUT2D eigenvalue weighted by molar-refractivity contribution is 7.98. The Bertz CT molecular complexity index is 1310. The van der Waals surface area contributed by atoms with Crippen molar-refractivity contribution in [3.63, 3.8) is 0 Å². The van der Waals surface area contributed by atoms with Crippen molar-refractivity contribution < 1.29 is 0 Å². The van der Waals surface area contributed by atoms with Gasteiger partial charge in [0.25, 0.3) is 5.56 Å². The fraction of sp³-hybridized carbons (Fsp3) is 0.250. The van der Waals surface area contributed by atoms with Crippen LogP contribution in [0.5, 0.6) is 0 Å². The first-order valence-electron chi connectivity index (χ1n) is 8.62. The molecule has 4 aromatic rings. The van der Waals surface area contributed by atoms with E-state index in [9.17, 15) is 9.59 Å². The van der Waals surface area contributed by atoms with Gasteiger partial charge in [-0.25, -0.2) is 9.78 Å². The van der Waals surface area contributed by atoms with E-state index in [4.69, 9.17) is 0 Å². The molecule has 0 N–H and O–H groups in total. The second-order valence-electron chi connectivity index (χ2n) is 6.70. The maximum absolute atomic E-state index is 12.5. The Morgan fingerprint density at radius 3 is 2.48 bits per heavy atom. The molecular weight excluding hydrogens is 360 g/mol. The second-order valence-corrected chi connectivity index (χ2v) is 7.64. The zero-order chi connectivity index (χ0) is 19.3. The quantitative estimate of drug-likeness (QED) is 0.513. The first kappa shape index (κ1) is 17.6. The van der Waals surface area contributed by atoms with Crippen LogP contribution in [-0.2, 0) is 26.9 Å². The van der Waals surface area contributed by atoms with Crippen molar-refractivity contribution in [1.29, 1.82) is 0 Å². The van der Waals surface area contributed by atoms with Crippen LogP contribution in [0.3, 0.4) is 0 Å². The Labute approximate surface area is 160 Å². The van der Waals surface area contributed by atoms with Gasteiger partial charge in [0.1, 0.15) is 0 Å². The van der Waals surface area contributed by atoms with E-state index in [-0.39, 0.29) is 11.2 Å². The van der Waals surface area contributed by atoms with Crippen molar-refractivity contribution in [2.75, 3.05) is 0 Å². The Morgan fingerprint density at radius 1 is 0.963 bits per heavy atom.